The van der Waals surface area contributed by atoms with Gasteiger partial charge in [-0.25, -0.2) is 8.42 Å². The highest BCUT2D eigenvalue weighted by Gasteiger charge is 2.30. The van der Waals surface area contributed by atoms with Gasteiger partial charge in [0.1, 0.15) is 5.75 Å². The number of nitrogens with zero attached hydrogens (tertiary/aromatic N) is 2. The second-order valence-corrected chi connectivity index (χ2v) is 7.05. The van der Waals surface area contributed by atoms with Gasteiger partial charge in [0.25, 0.3) is 0 Å². The Bertz CT molecular complexity index is 525. The lowest BCUT2D eigenvalue weighted by Crippen LogP contribution is -2.47. The second kappa shape index (κ2) is 5.48. The molecule has 1 atom stereocenters. The van der Waals surface area contributed by atoms with Crippen LogP contribution in [0.4, 0.5) is 0 Å². The van der Waals surface area contributed by atoms with Crippen LogP contribution >= 0.6 is 0 Å². The number of benzene rings is 1. The van der Waals surface area contributed by atoms with E-state index in [4.69, 9.17) is 0 Å². The first-order valence-corrected chi connectivity index (χ1v) is 7.81. The van der Waals surface area contributed by atoms with Crippen LogP contribution in [-0.2, 0) is 10.0 Å². The molecule has 6 heteroatoms. The zero-order valence-corrected chi connectivity index (χ0v) is 12.1. The number of phenols is 1. The molecule has 1 unspecified atom stereocenters. The number of piperidine rings is 1. The molecule has 0 saturated carbocycles. The van der Waals surface area contributed by atoms with E-state index in [2.05, 4.69) is 4.90 Å². The topological polar surface area (TPSA) is 60.9 Å². The zero-order valence-electron chi connectivity index (χ0n) is 11.3. The van der Waals surface area contributed by atoms with Gasteiger partial charge in [-0.05, 0) is 51.2 Å². The third-order valence-corrected chi connectivity index (χ3v) is 5.44. The fourth-order valence-corrected chi connectivity index (χ4v) is 3.84. The number of hydrogen-bond acceptors (Lipinski definition) is 4. The van der Waals surface area contributed by atoms with Gasteiger partial charge in [-0.1, -0.05) is 0 Å². The van der Waals surface area contributed by atoms with E-state index in [9.17, 15) is 13.5 Å². The van der Waals surface area contributed by atoms with Crippen molar-refractivity contribution in [3.63, 3.8) is 0 Å². The standard InChI is InChI=1S/C13H20N2O3S/c1-14(2)11-4-3-9-15(10-11)19(17,18)13-7-5-12(16)6-8-13/h5-8,11,16H,3-4,9-10H2,1-2H3. The van der Waals surface area contributed by atoms with Gasteiger partial charge >= 0.3 is 0 Å². The van der Waals surface area contributed by atoms with Crippen molar-refractivity contribution in [3.05, 3.63) is 24.3 Å². The Kier molecular flexibility index (Phi) is 4.13. The molecule has 106 valence electrons. The first-order chi connectivity index (χ1) is 8.91. The summed E-state index contributed by atoms with van der Waals surface area (Å²) in [6, 6.07) is 5.97. The summed E-state index contributed by atoms with van der Waals surface area (Å²) in [7, 11) is 0.497. The molecule has 1 aromatic rings. The minimum absolute atomic E-state index is 0.0729. The van der Waals surface area contributed by atoms with Gasteiger partial charge < -0.3 is 10.0 Å². The Labute approximate surface area is 114 Å². The molecule has 1 N–H and O–H groups in total. The summed E-state index contributed by atoms with van der Waals surface area (Å²) in [5, 5.41) is 9.23. The fraction of sp³-hybridized carbons (Fsp3) is 0.538. The zero-order chi connectivity index (χ0) is 14.0. The molecule has 1 aliphatic heterocycles. The van der Waals surface area contributed by atoms with Crippen LogP contribution < -0.4 is 0 Å². The Morgan fingerprint density at radius 2 is 1.89 bits per heavy atom. The predicted molar refractivity (Wildman–Crippen MR) is 73.6 cm³/mol. The van der Waals surface area contributed by atoms with Gasteiger partial charge in [-0.15, -0.1) is 0 Å². The molecule has 1 aromatic carbocycles. The van der Waals surface area contributed by atoms with Crippen LogP contribution in [0.3, 0.4) is 0 Å². The summed E-state index contributed by atoms with van der Waals surface area (Å²) in [6.45, 7) is 1.09. The Morgan fingerprint density at radius 1 is 1.26 bits per heavy atom. The Hall–Kier alpha value is -1.11. The number of rotatable bonds is 3. The summed E-state index contributed by atoms with van der Waals surface area (Å²) >= 11 is 0. The summed E-state index contributed by atoms with van der Waals surface area (Å²) in [5.74, 6) is 0.0729. The van der Waals surface area contributed by atoms with Gasteiger partial charge in [-0.2, -0.15) is 4.31 Å². The molecule has 0 amide bonds. The van der Waals surface area contributed by atoms with E-state index < -0.39 is 10.0 Å². The lowest BCUT2D eigenvalue weighted by Gasteiger charge is -2.35. The highest BCUT2D eigenvalue weighted by atomic mass is 32.2. The normalized spacial score (nSPS) is 21.7. The fourth-order valence-electron chi connectivity index (χ4n) is 2.33. The molecule has 1 heterocycles. The molecular formula is C13H20N2O3S. The molecule has 5 nitrogen and oxygen atoms in total. The molecule has 0 radical (unpaired) electrons. The molecule has 1 fully saturated rings. The molecule has 0 spiro atoms. The maximum absolute atomic E-state index is 12.5. The molecule has 1 aliphatic rings. The molecular weight excluding hydrogens is 264 g/mol. The maximum atomic E-state index is 12.5. The molecule has 19 heavy (non-hydrogen) atoms. The van der Waals surface area contributed by atoms with Gasteiger partial charge in [0.05, 0.1) is 4.90 Å². The van der Waals surface area contributed by atoms with Gasteiger partial charge in [-0.3, -0.25) is 0 Å². The first kappa shape index (κ1) is 14.3. The molecule has 0 bridgehead atoms. The Morgan fingerprint density at radius 3 is 2.47 bits per heavy atom. The van der Waals surface area contributed by atoms with Crippen LogP contribution in [0.1, 0.15) is 12.8 Å². The monoisotopic (exact) mass is 284 g/mol. The van der Waals surface area contributed by atoms with Crippen LogP contribution in [0.5, 0.6) is 5.75 Å². The first-order valence-electron chi connectivity index (χ1n) is 6.37. The average molecular weight is 284 g/mol. The minimum atomic E-state index is -3.45. The summed E-state index contributed by atoms with van der Waals surface area (Å²) in [4.78, 5) is 2.31. The number of likely N-dealkylation sites (N-methyl/N-ethyl adjacent to an activating group) is 1. The van der Waals surface area contributed by atoms with Crippen molar-refractivity contribution in [3.8, 4) is 5.75 Å². The van der Waals surface area contributed by atoms with E-state index in [1.165, 1.54) is 28.6 Å². The molecule has 0 aromatic heterocycles. The van der Waals surface area contributed by atoms with Crippen molar-refractivity contribution in [1.29, 1.82) is 0 Å². The SMILES string of the molecule is CN(C)C1CCCN(S(=O)(=O)c2ccc(O)cc2)C1. The largest absolute Gasteiger partial charge is 0.508 e. The highest BCUT2D eigenvalue weighted by Crippen LogP contribution is 2.23. The number of phenolic OH excluding ortho intramolecular Hbond substituents is 1. The van der Waals surface area contributed by atoms with Gasteiger partial charge in [0.15, 0.2) is 0 Å². The second-order valence-electron chi connectivity index (χ2n) is 5.12. The predicted octanol–water partition coefficient (Wildman–Crippen LogP) is 1.11. The van der Waals surface area contributed by atoms with Crippen LogP contribution in [0.2, 0.25) is 0 Å². The number of aromatic hydroxyl groups is 1. The van der Waals surface area contributed by atoms with Gasteiger partial charge in [0, 0.05) is 19.1 Å². The van der Waals surface area contributed by atoms with Crippen LogP contribution in [0.15, 0.2) is 29.2 Å². The summed E-state index contributed by atoms with van der Waals surface area (Å²) < 4.78 is 26.5. The van der Waals surface area contributed by atoms with Crippen molar-refractivity contribution in [2.75, 3.05) is 27.2 Å². The number of sulfonamides is 1. The highest BCUT2D eigenvalue weighted by molar-refractivity contribution is 7.89. The van der Waals surface area contributed by atoms with Crippen LogP contribution in [-0.4, -0.2) is 56.0 Å². The van der Waals surface area contributed by atoms with Gasteiger partial charge in [0.2, 0.25) is 10.0 Å². The maximum Gasteiger partial charge on any atom is 0.243 e. The van der Waals surface area contributed by atoms with Crippen molar-refractivity contribution in [2.45, 2.75) is 23.8 Å². The number of hydrogen-bond donors (Lipinski definition) is 1. The lowest BCUT2D eigenvalue weighted by atomic mass is 10.1. The molecule has 2 rings (SSSR count). The lowest BCUT2D eigenvalue weighted by molar-refractivity contribution is 0.190. The average Bonchev–Trinajstić information content (AvgIpc) is 2.39. The Balaban J connectivity index is 2.22. The van der Waals surface area contributed by atoms with Crippen LogP contribution in [0, 0.1) is 0 Å². The summed E-state index contributed by atoms with van der Waals surface area (Å²) in [6.07, 6.45) is 1.90. The van der Waals surface area contributed by atoms with E-state index in [-0.39, 0.29) is 16.7 Å². The minimum Gasteiger partial charge on any atom is -0.508 e. The van der Waals surface area contributed by atoms with E-state index in [0.29, 0.717) is 13.1 Å². The van der Waals surface area contributed by atoms with E-state index >= 15 is 0 Å². The van der Waals surface area contributed by atoms with Crippen molar-refractivity contribution in [2.24, 2.45) is 0 Å². The molecule has 0 aliphatic carbocycles. The third kappa shape index (κ3) is 3.08. The van der Waals surface area contributed by atoms with Crippen molar-refractivity contribution < 1.29 is 13.5 Å². The van der Waals surface area contributed by atoms with Crippen molar-refractivity contribution in [1.82, 2.24) is 9.21 Å². The third-order valence-electron chi connectivity index (χ3n) is 3.56. The summed E-state index contributed by atoms with van der Waals surface area (Å²) in [5.41, 5.74) is 0. The quantitative estimate of drug-likeness (QED) is 0.903. The van der Waals surface area contributed by atoms with Crippen LogP contribution in [0.25, 0.3) is 0 Å². The van der Waals surface area contributed by atoms with E-state index in [1.807, 2.05) is 14.1 Å². The molecule has 1 saturated heterocycles. The van der Waals surface area contributed by atoms with E-state index in [1.54, 1.807) is 0 Å². The van der Waals surface area contributed by atoms with E-state index in [0.717, 1.165) is 12.8 Å². The smallest absolute Gasteiger partial charge is 0.243 e. The van der Waals surface area contributed by atoms with Crippen molar-refractivity contribution >= 4 is 10.0 Å².